The molecule has 6 nitrogen and oxygen atoms in total. The van der Waals surface area contributed by atoms with Gasteiger partial charge in [0.1, 0.15) is 17.2 Å². The average molecular weight is 460 g/mol. The summed E-state index contributed by atoms with van der Waals surface area (Å²) in [6.07, 6.45) is 0. The fourth-order valence-electron chi connectivity index (χ4n) is 3.18. The number of nitrogens with zero attached hydrogens (tertiary/aromatic N) is 2. The van der Waals surface area contributed by atoms with Gasteiger partial charge in [-0.3, -0.25) is 9.69 Å². The van der Waals surface area contributed by atoms with Crippen LogP contribution >= 0.6 is 12.4 Å². The number of rotatable bonds is 6. The van der Waals surface area contributed by atoms with Crippen molar-refractivity contribution < 1.29 is 22.0 Å². The van der Waals surface area contributed by atoms with Gasteiger partial charge in [-0.15, -0.1) is 12.4 Å². The summed E-state index contributed by atoms with van der Waals surface area (Å²) in [5, 5.41) is 2.51. The Morgan fingerprint density at radius 1 is 1.00 bits per heavy atom. The van der Waals surface area contributed by atoms with E-state index in [9.17, 15) is 22.0 Å². The first kappa shape index (κ1) is 24.2. The number of carbonyl (C=O) groups is 1. The molecule has 164 valence electrons. The maximum absolute atomic E-state index is 13.6. The summed E-state index contributed by atoms with van der Waals surface area (Å²) < 4.78 is 54.1. The molecule has 0 aromatic heterocycles. The first-order valence-electron chi connectivity index (χ1n) is 9.30. The van der Waals surface area contributed by atoms with E-state index in [-0.39, 0.29) is 23.8 Å². The third kappa shape index (κ3) is 5.54. The molecule has 1 amide bonds. The van der Waals surface area contributed by atoms with Gasteiger partial charge >= 0.3 is 0 Å². The summed E-state index contributed by atoms with van der Waals surface area (Å²) in [4.78, 5) is 14.3. The highest BCUT2D eigenvalue weighted by Crippen LogP contribution is 2.18. The van der Waals surface area contributed by atoms with E-state index < -0.39 is 33.1 Å². The molecule has 30 heavy (non-hydrogen) atoms. The Hall–Kier alpha value is -2.07. The number of hydrogen-bond acceptors (Lipinski definition) is 4. The molecule has 0 bridgehead atoms. The molecule has 0 atom stereocenters. The van der Waals surface area contributed by atoms with E-state index in [0.717, 1.165) is 17.7 Å². The standard InChI is InChI=1S/C20H23F2N3O3S.ClH/c1-15-5-7-16(8-6-15)29(27,28)25-13-11-24(12-14-25)10-9-23-20(26)19-17(21)3-2-4-18(19)22;/h2-8H,9-14H2,1H3,(H,23,26);1H. The highest BCUT2D eigenvalue weighted by atomic mass is 35.5. The lowest BCUT2D eigenvalue weighted by atomic mass is 10.2. The number of amides is 1. The second kappa shape index (κ2) is 10.3. The average Bonchev–Trinajstić information content (AvgIpc) is 2.68. The van der Waals surface area contributed by atoms with Gasteiger partial charge in [0, 0.05) is 39.3 Å². The second-order valence-corrected chi connectivity index (χ2v) is 8.85. The van der Waals surface area contributed by atoms with Crippen molar-refractivity contribution in [3.05, 3.63) is 65.2 Å². The fourth-order valence-corrected chi connectivity index (χ4v) is 4.61. The van der Waals surface area contributed by atoms with Crippen LogP contribution in [0.4, 0.5) is 8.78 Å². The molecule has 1 fully saturated rings. The first-order valence-corrected chi connectivity index (χ1v) is 10.7. The van der Waals surface area contributed by atoms with E-state index in [1.54, 1.807) is 24.3 Å². The minimum atomic E-state index is -3.53. The molecule has 0 aliphatic carbocycles. The number of nitrogens with one attached hydrogen (secondary N) is 1. The Labute approximate surface area is 181 Å². The number of piperazine rings is 1. The maximum Gasteiger partial charge on any atom is 0.257 e. The summed E-state index contributed by atoms with van der Waals surface area (Å²) in [5.74, 6) is -2.61. The van der Waals surface area contributed by atoms with Crippen LogP contribution in [0.15, 0.2) is 47.4 Å². The van der Waals surface area contributed by atoms with E-state index in [2.05, 4.69) is 5.32 Å². The third-order valence-electron chi connectivity index (χ3n) is 4.89. The van der Waals surface area contributed by atoms with Crippen molar-refractivity contribution in [2.24, 2.45) is 0 Å². The lowest BCUT2D eigenvalue weighted by Gasteiger charge is -2.34. The number of aryl methyl sites for hydroxylation is 1. The molecule has 1 saturated heterocycles. The minimum Gasteiger partial charge on any atom is -0.351 e. The monoisotopic (exact) mass is 459 g/mol. The Morgan fingerprint density at radius 2 is 1.57 bits per heavy atom. The van der Waals surface area contributed by atoms with Gasteiger partial charge in [0.25, 0.3) is 5.91 Å². The van der Waals surface area contributed by atoms with E-state index in [4.69, 9.17) is 0 Å². The SMILES string of the molecule is Cc1ccc(S(=O)(=O)N2CCN(CCNC(=O)c3c(F)cccc3F)CC2)cc1.Cl. The molecule has 0 spiro atoms. The minimum absolute atomic E-state index is 0. The first-order chi connectivity index (χ1) is 13.8. The number of sulfonamides is 1. The fraction of sp³-hybridized carbons (Fsp3) is 0.350. The van der Waals surface area contributed by atoms with E-state index in [1.807, 2.05) is 11.8 Å². The van der Waals surface area contributed by atoms with Gasteiger partial charge in [0.15, 0.2) is 0 Å². The number of hydrogen-bond donors (Lipinski definition) is 1. The highest BCUT2D eigenvalue weighted by Gasteiger charge is 2.28. The van der Waals surface area contributed by atoms with Crippen molar-refractivity contribution in [2.75, 3.05) is 39.3 Å². The summed E-state index contributed by atoms with van der Waals surface area (Å²) in [6, 6.07) is 10.0. The Balaban J connectivity index is 0.00000320. The van der Waals surface area contributed by atoms with Crippen LogP contribution in [-0.2, 0) is 10.0 Å². The van der Waals surface area contributed by atoms with Gasteiger partial charge in [-0.2, -0.15) is 4.31 Å². The van der Waals surface area contributed by atoms with Crippen LogP contribution in [0.3, 0.4) is 0 Å². The summed E-state index contributed by atoms with van der Waals surface area (Å²) in [6.45, 7) is 4.26. The zero-order valence-corrected chi connectivity index (χ0v) is 18.1. The second-order valence-electron chi connectivity index (χ2n) is 6.91. The summed E-state index contributed by atoms with van der Waals surface area (Å²) >= 11 is 0. The van der Waals surface area contributed by atoms with Crippen molar-refractivity contribution >= 4 is 28.3 Å². The topological polar surface area (TPSA) is 69.7 Å². The molecule has 1 aliphatic heterocycles. The van der Waals surface area contributed by atoms with Crippen LogP contribution in [0.25, 0.3) is 0 Å². The van der Waals surface area contributed by atoms with E-state index in [0.29, 0.717) is 32.7 Å². The molecule has 3 rings (SSSR count). The highest BCUT2D eigenvalue weighted by molar-refractivity contribution is 7.89. The van der Waals surface area contributed by atoms with Crippen molar-refractivity contribution in [3.8, 4) is 0 Å². The molecule has 0 radical (unpaired) electrons. The van der Waals surface area contributed by atoms with Gasteiger partial charge in [-0.25, -0.2) is 17.2 Å². The van der Waals surface area contributed by atoms with Crippen LogP contribution < -0.4 is 5.32 Å². The third-order valence-corrected chi connectivity index (χ3v) is 6.81. The summed E-state index contributed by atoms with van der Waals surface area (Å²) in [7, 11) is -3.53. The zero-order chi connectivity index (χ0) is 21.0. The molecule has 2 aromatic rings. The van der Waals surface area contributed by atoms with Crippen LogP contribution in [0.5, 0.6) is 0 Å². The van der Waals surface area contributed by atoms with Gasteiger partial charge in [-0.1, -0.05) is 23.8 Å². The van der Waals surface area contributed by atoms with Gasteiger partial charge in [0.2, 0.25) is 10.0 Å². The molecule has 1 aliphatic rings. The number of benzene rings is 2. The van der Waals surface area contributed by atoms with Crippen LogP contribution in [-0.4, -0.2) is 62.8 Å². The molecule has 0 saturated carbocycles. The molecule has 10 heteroatoms. The van der Waals surface area contributed by atoms with Crippen LogP contribution in [0, 0.1) is 18.6 Å². The van der Waals surface area contributed by atoms with Crippen molar-refractivity contribution in [1.29, 1.82) is 0 Å². The van der Waals surface area contributed by atoms with E-state index >= 15 is 0 Å². The largest absolute Gasteiger partial charge is 0.351 e. The Bertz CT molecular complexity index is 959. The number of halogens is 3. The lowest BCUT2D eigenvalue weighted by molar-refractivity contribution is 0.0936. The molecule has 2 aromatic carbocycles. The van der Waals surface area contributed by atoms with Gasteiger partial charge in [0.05, 0.1) is 4.90 Å². The normalized spacial score (nSPS) is 15.4. The molecule has 1 heterocycles. The van der Waals surface area contributed by atoms with Crippen molar-refractivity contribution in [1.82, 2.24) is 14.5 Å². The number of carbonyl (C=O) groups excluding carboxylic acids is 1. The lowest BCUT2D eigenvalue weighted by Crippen LogP contribution is -2.50. The zero-order valence-electron chi connectivity index (χ0n) is 16.5. The molecular formula is C20H24ClF2N3O3S. The quantitative estimate of drug-likeness (QED) is 0.720. The predicted octanol–water partition coefficient (Wildman–Crippen LogP) is 2.43. The van der Waals surface area contributed by atoms with Crippen molar-refractivity contribution in [3.63, 3.8) is 0 Å². The smallest absolute Gasteiger partial charge is 0.257 e. The molecule has 0 unspecified atom stereocenters. The van der Waals surface area contributed by atoms with Crippen molar-refractivity contribution in [2.45, 2.75) is 11.8 Å². The van der Waals surface area contributed by atoms with Gasteiger partial charge in [-0.05, 0) is 31.2 Å². The van der Waals surface area contributed by atoms with E-state index in [1.165, 1.54) is 10.4 Å². The predicted molar refractivity (Wildman–Crippen MR) is 112 cm³/mol. The van der Waals surface area contributed by atoms with Crippen LogP contribution in [0.2, 0.25) is 0 Å². The molecular weight excluding hydrogens is 436 g/mol. The Morgan fingerprint density at radius 3 is 2.13 bits per heavy atom. The van der Waals surface area contributed by atoms with Crippen LogP contribution in [0.1, 0.15) is 15.9 Å². The van der Waals surface area contributed by atoms with Gasteiger partial charge < -0.3 is 5.32 Å². The summed E-state index contributed by atoms with van der Waals surface area (Å²) in [5.41, 5.74) is 0.396. The molecule has 1 N–H and O–H groups in total. The Kier molecular flexibility index (Phi) is 8.31. The maximum atomic E-state index is 13.6.